The molecule has 1 aliphatic heterocycles. The Morgan fingerprint density at radius 3 is 2.18 bits per heavy atom. The Labute approximate surface area is 128 Å². The minimum Gasteiger partial charge on any atom is -0.480 e. The smallest absolute Gasteiger partial charge is 0.325 e. The van der Waals surface area contributed by atoms with E-state index >= 15 is 0 Å². The lowest BCUT2D eigenvalue weighted by atomic mass is 9.95. The van der Waals surface area contributed by atoms with Crippen molar-refractivity contribution in [1.29, 1.82) is 0 Å². The average Bonchev–Trinajstić information content (AvgIpc) is 3.32. The molecular formula is C15H18FNO4S. The summed E-state index contributed by atoms with van der Waals surface area (Å²) in [6.45, 7) is 0.939. The summed E-state index contributed by atoms with van der Waals surface area (Å²) in [4.78, 5) is 13.8. The van der Waals surface area contributed by atoms with Gasteiger partial charge in [0.15, 0.2) is 14.6 Å². The summed E-state index contributed by atoms with van der Waals surface area (Å²) in [6, 6.07) is 4.86. The van der Waals surface area contributed by atoms with Crippen molar-refractivity contribution in [3.63, 3.8) is 0 Å². The molecular weight excluding hydrogens is 309 g/mol. The SMILES string of the molecule is O=C(O)C1(S(=O)(=O)c2ccc(F)cc2)CCN(C2CC2)CC1. The number of halogens is 1. The summed E-state index contributed by atoms with van der Waals surface area (Å²) in [5.41, 5.74) is 0. The van der Waals surface area contributed by atoms with Gasteiger partial charge < -0.3 is 10.0 Å². The maximum Gasteiger partial charge on any atom is 0.325 e. The van der Waals surface area contributed by atoms with Gasteiger partial charge in [-0.25, -0.2) is 12.8 Å². The predicted octanol–water partition coefficient (Wildman–Crippen LogP) is 1.68. The fourth-order valence-electron chi connectivity index (χ4n) is 3.13. The van der Waals surface area contributed by atoms with E-state index in [0.717, 1.165) is 37.1 Å². The van der Waals surface area contributed by atoms with Gasteiger partial charge >= 0.3 is 5.97 Å². The van der Waals surface area contributed by atoms with Crippen molar-refractivity contribution in [2.75, 3.05) is 13.1 Å². The highest BCUT2D eigenvalue weighted by Crippen LogP contribution is 2.39. The minimum absolute atomic E-state index is 0.0680. The van der Waals surface area contributed by atoms with E-state index in [9.17, 15) is 22.7 Å². The van der Waals surface area contributed by atoms with Crippen LogP contribution in [-0.2, 0) is 14.6 Å². The zero-order valence-corrected chi connectivity index (χ0v) is 12.9. The highest BCUT2D eigenvalue weighted by molar-refractivity contribution is 7.93. The summed E-state index contributed by atoms with van der Waals surface area (Å²) < 4.78 is 36.9. The Morgan fingerprint density at radius 1 is 1.18 bits per heavy atom. The first-order valence-corrected chi connectivity index (χ1v) is 8.83. The number of carboxylic acid groups (broad SMARTS) is 1. The van der Waals surface area contributed by atoms with E-state index in [1.807, 2.05) is 0 Å². The molecule has 0 radical (unpaired) electrons. The zero-order chi connectivity index (χ0) is 16.0. The second kappa shape index (κ2) is 5.31. The predicted molar refractivity (Wildman–Crippen MR) is 77.8 cm³/mol. The van der Waals surface area contributed by atoms with Gasteiger partial charge in [0.25, 0.3) is 0 Å². The number of carboxylic acids is 1. The molecule has 1 saturated heterocycles. The lowest BCUT2D eigenvalue weighted by Crippen LogP contribution is -2.54. The average molecular weight is 327 g/mol. The van der Waals surface area contributed by atoms with Crippen molar-refractivity contribution in [3.05, 3.63) is 30.1 Å². The van der Waals surface area contributed by atoms with Crippen molar-refractivity contribution < 1.29 is 22.7 Å². The molecule has 1 N–H and O–H groups in total. The number of benzene rings is 1. The molecule has 7 heteroatoms. The van der Waals surface area contributed by atoms with Crippen LogP contribution in [-0.4, -0.2) is 48.3 Å². The molecule has 1 heterocycles. The Bertz CT molecular complexity index is 674. The lowest BCUT2D eigenvalue weighted by molar-refractivity contribution is -0.141. The number of piperidine rings is 1. The molecule has 120 valence electrons. The van der Waals surface area contributed by atoms with Gasteiger partial charge in [-0.1, -0.05) is 0 Å². The van der Waals surface area contributed by atoms with E-state index in [0.29, 0.717) is 19.1 Å². The van der Waals surface area contributed by atoms with E-state index in [2.05, 4.69) is 4.90 Å². The second-order valence-corrected chi connectivity index (χ2v) is 8.28. The van der Waals surface area contributed by atoms with Gasteiger partial charge in [-0.2, -0.15) is 0 Å². The van der Waals surface area contributed by atoms with E-state index in [4.69, 9.17) is 0 Å². The van der Waals surface area contributed by atoms with Crippen LogP contribution in [0.4, 0.5) is 4.39 Å². The van der Waals surface area contributed by atoms with Crippen LogP contribution in [0.5, 0.6) is 0 Å². The molecule has 1 saturated carbocycles. The monoisotopic (exact) mass is 327 g/mol. The summed E-state index contributed by atoms with van der Waals surface area (Å²) in [7, 11) is -4.06. The maximum absolute atomic E-state index is 13.0. The normalized spacial score (nSPS) is 22.4. The molecule has 0 amide bonds. The van der Waals surface area contributed by atoms with Crippen LogP contribution in [0.1, 0.15) is 25.7 Å². The van der Waals surface area contributed by atoms with Crippen molar-refractivity contribution >= 4 is 15.8 Å². The number of hydrogen-bond acceptors (Lipinski definition) is 4. The third-order valence-corrected chi connectivity index (χ3v) is 7.20. The number of aliphatic carboxylic acids is 1. The number of sulfone groups is 1. The molecule has 1 aliphatic carbocycles. The van der Waals surface area contributed by atoms with Crippen LogP contribution in [0.15, 0.2) is 29.2 Å². The largest absolute Gasteiger partial charge is 0.480 e. The molecule has 1 aromatic rings. The highest BCUT2D eigenvalue weighted by atomic mass is 32.2. The molecule has 1 aromatic carbocycles. The van der Waals surface area contributed by atoms with E-state index in [1.54, 1.807) is 0 Å². The van der Waals surface area contributed by atoms with Gasteiger partial charge in [-0.05, 0) is 49.9 Å². The molecule has 0 aromatic heterocycles. The van der Waals surface area contributed by atoms with Crippen LogP contribution in [0.25, 0.3) is 0 Å². The number of carbonyl (C=O) groups is 1. The van der Waals surface area contributed by atoms with Gasteiger partial charge in [-0.3, -0.25) is 4.79 Å². The van der Waals surface area contributed by atoms with Gasteiger partial charge in [0, 0.05) is 19.1 Å². The number of nitrogens with zero attached hydrogens (tertiary/aromatic N) is 1. The number of rotatable bonds is 4. The van der Waals surface area contributed by atoms with E-state index < -0.39 is 26.4 Å². The van der Waals surface area contributed by atoms with Gasteiger partial charge in [0.1, 0.15) is 5.82 Å². The Balaban J connectivity index is 1.93. The first-order valence-electron chi connectivity index (χ1n) is 7.34. The molecule has 0 spiro atoms. The quantitative estimate of drug-likeness (QED) is 0.852. The third-order valence-electron chi connectivity index (χ3n) is 4.70. The Kier molecular flexibility index (Phi) is 3.72. The van der Waals surface area contributed by atoms with Crippen molar-refractivity contribution in [2.24, 2.45) is 0 Å². The van der Waals surface area contributed by atoms with Gasteiger partial charge in [0.05, 0.1) is 4.90 Å². The zero-order valence-electron chi connectivity index (χ0n) is 12.0. The van der Waals surface area contributed by atoms with Gasteiger partial charge in [0.2, 0.25) is 0 Å². The van der Waals surface area contributed by atoms with Crippen molar-refractivity contribution in [3.8, 4) is 0 Å². The molecule has 0 unspecified atom stereocenters. The minimum atomic E-state index is -4.06. The number of hydrogen-bond donors (Lipinski definition) is 1. The van der Waals surface area contributed by atoms with Crippen LogP contribution < -0.4 is 0 Å². The first-order chi connectivity index (χ1) is 10.4. The van der Waals surface area contributed by atoms with Crippen LogP contribution >= 0.6 is 0 Å². The topological polar surface area (TPSA) is 74.7 Å². The summed E-state index contributed by atoms with van der Waals surface area (Å²) >= 11 is 0. The Morgan fingerprint density at radius 2 is 1.73 bits per heavy atom. The van der Waals surface area contributed by atoms with Crippen molar-refractivity contribution in [2.45, 2.75) is 41.4 Å². The lowest BCUT2D eigenvalue weighted by Gasteiger charge is -2.38. The van der Waals surface area contributed by atoms with Crippen LogP contribution in [0.2, 0.25) is 0 Å². The van der Waals surface area contributed by atoms with Crippen LogP contribution in [0, 0.1) is 5.82 Å². The molecule has 5 nitrogen and oxygen atoms in total. The maximum atomic E-state index is 13.0. The van der Waals surface area contributed by atoms with Crippen LogP contribution in [0.3, 0.4) is 0 Å². The summed E-state index contributed by atoms with van der Waals surface area (Å²) in [5.74, 6) is -1.86. The first kappa shape index (κ1) is 15.4. The van der Waals surface area contributed by atoms with E-state index in [-0.39, 0.29) is 17.7 Å². The van der Waals surface area contributed by atoms with Gasteiger partial charge in [-0.15, -0.1) is 0 Å². The fraction of sp³-hybridized carbons (Fsp3) is 0.533. The third kappa shape index (κ3) is 2.42. The van der Waals surface area contributed by atoms with Crippen molar-refractivity contribution in [1.82, 2.24) is 4.90 Å². The molecule has 3 rings (SSSR count). The molecule has 2 aliphatic rings. The summed E-state index contributed by atoms with van der Waals surface area (Å²) in [5, 5.41) is 9.61. The molecule has 0 bridgehead atoms. The molecule has 0 atom stereocenters. The fourth-order valence-corrected chi connectivity index (χ4v) is 5.02. The summed E-state index contributed by atoms with van der Waals surface area (Å²) in [6.07, 6.45) is 2.34. The second-order valence-electron chi connectivity index (χ2n) is 6.02. The number of likely N-dealkylation sites (tertiary alicyclic amines) is 1. The van der Waals surface area contributed by atoms with E-state index in [1.165, 1.54) is 0 Å². The highest BCUT2D eigenvalue weighted by Gasteiger charge is 2.54. The standard InChI is InChI=1S/C15H18FNO4S/c16-11-1-5-13(6-2-11)22(20,21)15(14(18)19)7-9-17(10-8-15)12-3-4-12/h1-2,5-6,12H,3-4,7-10H2,(H,18,19). The molecule has 22 heavy (non-hydrogen) atoms. The molecule has 2 fully saturated rings. The Hall–Kier alpha value is -1.47.